The van der Waals surface area contributed by atoms with Crippen molar-refractivity contribution in [2.45, 2.75) is 40.5 Å². The quantitative estimate of drug-likeness (QED) is 0.533. The van der Waals surface area contributed by atoms with Crippen molar-refractivity contribution in [3.8, 4) is 0 Å². The fourth-order valence-corrected chi connectivity index (χ4v) is 4.02. The molecule has 1 aromatic rings. The lowest BCUT2D eigenvalue weighted by atomic mass is 9.80. The van der Waals surface area contributed by atoms with Crippen molar-refractivity contribution in [3.05, 3.63) is 41.5 Å². The summed E-state index contributed by atoms with van der Waals surface area (Å²) in [5.41, 5.74) is 1.41. The Hall–Kier alpha value is -2.14. The summed E-state index contributed by atoms with van der Waals surface area (Å²) in [7, 11) is 1.65. The first-order valence-corrected chi connectivity index (χ1v) is 9.43. The number of rotatable bonds is 7. The Labute approximate surface area is 161 Å². The summed E-state index contributed by atoms with van der Waals surface area (Å²) in [6.07, 6.45) is 0.637. The third-order valence-electron chi connectivity index (χ3n) is 5.15. The SMILES string of the molecule is CCOC(=O)C1(C(=O)OCC)C/C(=C(\COC)c2ccccc2)C(C)(C)C1. The van der Waals surface area contributed by atoms with Gasteiger partial charge in [0.05, 0.1) is 19.8 Å². The Bertz CT molecular complexity index is 685. The van der Waals surface area contributed by atoms with E-state index in [4.69, 9.17) is 14.2 Å². The maximum atomic E-state index is 12.9. The monoisotopic (exact) mass is 374 g/mol. The largest absolute Gasteiger partial charge is 0.465 e. The van der Waals surface area contributed by atoms with E-state index in [9.17, 15) is 9.59 Å². The van der Waals surface area contributed by atoms with Crippen LogP contribution >= 0.6 is 0 Å². The van der Waals surface area contributed by atoms with E-state index in [0.717, 1.165) is 16.7 Å². The van der Waals surface area contributed by atoms with Crippen LogP contribution in [-0.4, -0.2) is 38.9 Å². The maximum absolute atomic E-state index is 12.9. The molecule has 0 bridgehead atoms. The minimum Gasteiger partial charge on any atom is -0.465 e. The van der Waals surface area contributed by atoms with E-state index in [1.54, 1.807) is 21.0 Å². The molecule has 0 aliphatic heterocycles. The second kappa shape index (κ2) is 8.70. The van der Waals surface area contributed by atoms with Gasteiger partial charge in [-0.25, -0.2) is 0 Å². The molecule has 0 radical (unpaired) electrons. The molecule has 2 rings (SSSR count). The summed E-state index contributed by atoms with van der Waals surface area (Å²) in [5, 5.41) is 0. The number of allylic oxidation sites excluding steroid dienone is 1. The second-order valence-corrected chi connectivity index (χ2v) is 7.52. The minimum absolute atomic E-state index is 0.225. The molecule has 0 heterocycles. The van der Waals surface area contributed by atoms with Crippen molar-refractivity contribution in [2.24, 2.45) is 10.8 Å². The van der Waals surface area contributed by atoms with Crippen LogP contribution in [0.4, 0.5) is 0 Å². The molecule has 0 amide bonds. The highest BCUT2D eigenvalue weighted by atomic mass is 16.6. The van der Waals surface area contributed by atoms with Gasteiger partial charge in [0.25, 0.3) is 0 Å². The topological polar surface area (TPSA) is 61.8 Å². The number of hydrogen-bond acceptors (Lipinski definition) is 5. The standard InChI is InChI=1S/C22H30O5/c1-6-26-19(23)22(20(24)27-7-2)13-18(21(3,4)15-22)17(14-25-5)16-11-9-8-10-12-16/h8-12H,6-7,13-15H2,1-5H3/b18-17-. The van der Waals surface area contributed by atoms with Gasteiger partial charge >= 0.3 is 11.9 Å². The fourth-order valence-electron chi connectivity index (χ4n) is 4.02. The van der Waals surface area contributed by atoms with Crippen LogP contribution in [0.5, 0.6) is 0 Å². The lowest BCUT2D eigenvalue weighted by Gasteiger charge is -2.26. The Morgan fingerprint density at radius 2 is 1.56 bits per heavy atom. The van der Waals surface area contributed by atoms with Gasteiger partial charge in [-0.1, -0.05) is 49.8 Å². The average molecular weight is 374 g/mol. The molecule has 27 heavy (non-hydrogen) atoms. The van der Waals surface area contributed by atoms with E-state index in [2.05, 4.69) is 13.8 Å². The molecule has 0 aromatic heterocycles. The van der Waals surface area contributed by atoms with Crippen molar-refractivity contribution < 1.29 is 23.8 Å². The van der Waals surface area contributed by atoms with Crippen LogP contribution in [0.3, 0.4) is 0 Å². The van der Waals surface area contributed by atoms with Crippen LogP contribution in [0.2, 0.25) is 0 Å². The molecule has 0 spiro atoms. The number of ether oxygens (including phenoxy) is 3. The van der Waals surface area contributed by atoms with E-state index in [0.29, 0.717) is 13.0 Å². The molecular formula is C22H30O5. The molecular weight excluding hydrogens is 344 g/mol. The molecule has 1 fully saturated rings. The normalized spacial score (nSPS) is 19.4. The number of carbonyl (C=O) groups is 2. The van der Waals surface area contributed by atoms with Crippen LogP contribution < -0.4 is 0 Å². The van der Waals surface area contributed by atoms with E-state index in [1.807, 2.05) is 30.3 Å². The number of methoxy groups -OCH3 is 1. The Morgan fingerprint density at radius 1 is 1.00 bits per heavy atom. The van der Waals surface area contributed by atoms with Crippen LogP contribution in [-0.2, 0) is 23.8 Å². The van der Waals surface area contributed by atoms with Gasteiger partial charge in [0.2, 0.25) is 0 Å². The molecule has 5 heteroatoms. The molecule has 1 aliphatic rings. The van der Waals surface area contributed by atoms with E-state index >= 15 is 0 Å². The van der Waals surface area contributed by atoms with Crippen LogP contribution in [0.1, 0.15) is 46.1 Å². The first kappa shape index (κ1) is 21.2. The first-order chi connectivity index (χ1) is 12.8. The average Bonchev–Trinajstić information content (AvgIpc) is 2.93. The Balaban J connectivity index is 2.60. The highest BCUT2D eigenvalue weighted by Crippen LogP contribution is 2.56. The molecule has 0 atom stereocenters. The summed E-state index contributed by atoms with van der Waals surface area (Å²) < 4.78 is 16.0. The summed E-state index contributed by atoms with van der Waals surface area (Å²) in [4.78, 5) is 25.7. The predicted molar refractivity (Wildman–Crippen MR) is 104 cm³/mol. The van der Waals surface area contributed by atoms with Crippen molar-refractivity contribution in [2.75, 3.05) is 26.9 Å². The molecule has 0 N–H and O–H groups in total. The summed E-state index contributed by atoms with van der Waals surface area (Å²) in [5.74, 6) is -1.01. The van der Waals surface area contributed by atoms with Gasteiger partial charge in [0, 0.05) is 7.11 Å². The van der Waals surface area contributed by atoms with Crippen molar-refractivity contribution >= 4 is 17.5 Å². The zero-order valence-electron chi connectivity index (χ0n) is 17.0. The van der Waals surface area contributed by atoms with Gasteiger partial charge in [-0.3, -0.25) is 9.59 Å². The van der Waals surface area contributed by atoms with Crippen LogP contribution in [0.25, 0.3) is 5.57 Å². The highest BCUT2D eigenvalue weighted by Gasteiger charge is 2.59. The molecule has 0 unspecified atom stereocenters. The van der Waals surface area contributed by atoms with Crippen LogP contribution in [0, 0.1) is 10.8 Å². The molecule has 148 valence electrons. The third kappa shape index (κ3) is 4.24. The first-order valence-electron chi connectivity index (χ1n) is 9.43. The summed E-state index contributed by atoms with van der Waals surface area (Å²) >= 11 is 0. The molecule has 1 aliphatic carbocycles. The van der Waals surface area contributed by atoms with E-state index in [-0.39, 0.29) is 25.0 Å². The molecule has 0 saturated heterocycles. The van der Waals surface area contributed by atoms with Gasteiger partial charge in [0.1, 0.15) is 0 Å². The maximum Gasteiger partial charge on any atom is 0.323 e. The summed E-state index contributed by atoms with van der Waals surface area (Å²) in [6, 6.07) is 9.94. The Kier molecular flexibility index (Phi) is 6.82. The van der Waals surface area contributed by atoms with Gasteiger partial charge in [-0.2, -0.15) is 0 Å². The second-order valence-electron chi connectivity index (χ2n) is 7.52. The van der Waals surface area contributed by atoms with Gasteiger partial charge < -0.3 is 14.2 Å². The number of esters is 2. The number of hydrogen-bond donors (Lipinski definition) is 0. The van der Waals surface area contributed by atoms with E-state index in [1.165, 1.54) is 0 Å². The van der Waals surface area contributed by atoms with Gasteiger partial charge in [0.15, 0.2) is 5.41 Å². The number of benzene rings is 1. The highest BCUT2D eigenvalue weighted by molar-refractivity contribution is 6.01. The van der Waals surface area contributed by atoms with Crippen LogP contribution in [0.15, 0.2) is 35.9 Å². The fraction of sp³-hybridized carbons (Fsp3) is 0.545. The molecule has 5 nitrogen and oxygen atoms in total. The smallest absolute Gasteiger partial charge is 0.323 e. The van der Waals surface area contributed by atoms with Crippen molar-refractivity contribution in [1.82, 2.24) is 0 Å². The predicted octanol–water partition coefficient (Wildman–Crippen LogP) is 4.02. The molecule has 1 aromatic carbocycles. The number of carbonyl (C=O) groups excluding carboxylic acids is 2. The van der Waals surface area contributed by atoms with Gasteiger partial charge in [-0.15, -0.1) is 0 Å². The zero-order chi connectivity index (χ0) is 20.1. The minimum atomic E-state index is -1.31. The molecule has 1 saturated carbocycles. The lowest BCUT2D eigenvalue weighted by Crippen LogP contribution is -2.40. The lowest BCUT2D eigenvalue weighted by molar-refractivity contribution is -0.172. The zero-order valence-corrected chi connectivity index (χ0v) is 17.0. The third-order valence-corrected chi connectivity index (χ3v) is 5.15. The van der Waals surface area contributed by atoms with Crippen molar-refractivity contribution in [3.63, 3.8) is 0 Å². The Morgan fingerprint density at radius 3 is 2.04 bits per heavy atom. The summed E-state index contributed by atoms with van der Waals surface area (Å²) in [6.45, 7) is 8.46. The van der Waals surface area contributed by atoms with E-state index < -0.39 is 17.4 Å². The van der Waals surface area contributed by atoms with Gasteiger partial charge in [-0.05, 0) is 43.2 Å². The van der Waals surface area contributed by atoms with Crippen molar-refractivity contribution in [1.29, 1.82) is 0 Å².